The van der Waals surface area contributed by atoms with Crippen LogP contribution in [0.4, 0.5) is 0 Å². The van der Waals surface area contributed by atoms with Crippen molar-refractivity contribution >= 4 is 0 Å². The molecule has 1 heterocycles. The molecule has 0 saturated heterocycles. The molecule has 0 amide bonds. The summed E-state index contributed by atoms with van der Waals surface area (Å²) in [5.74, 6) is 0.712. The van der Waals surface area contributed by atoms with Gasteiger partial charge in [-0.05, 0) is 38.5 Å². The average Bonchev–Trinajstić information content (AvgIpc) is 2.50. The number of hydrogen-bond acceptors (Lipinski definition) is 4. The van der Waals surface area contributed by atoms with Crippen LogP contribution in [0.3, 0.4) is 0 Å². The zero-order valence-corrected chi connectivity index (χ0v) is 13.4. The lowest BCUT2D eigenvalue weighted by Gasteiger charge is -2.18. The molecule has 1 N–H and O–H groups in total. The van der Waals surface area contributed by atoms with Gasteiger partial charge in [0, 0.05) is 24.8 Å². The van der Waals surface area contributed by atoms with Crippen LogP contribution in [0.1, 0.15) is 45.7 Å². The van der Waals surface area contributed by atoms with E-state index in [1.165, 1.54) is 5.56 Å². The highest BCUT2D eigenvalue weighted by Gasteiger charge is 2.05. The molecule has 1 rings (SSSR count). The standard InChI is InChI=1S/C16H29N3O/c1-5-10-17-14(4)15-8-9-16(18-13-15)20-12-11-19(6-2)7-3/h8-9,13-14,17H,5-7,10-12H2,1-4H3. The number of hydrogen-bond donors (Lipinski definition) is 1. The largest absolute Gasteiger partial charge is 0.476 e. The molecule has 0 aromatic carbocycles. The molecule has 0 saturated carbocycles. The second-order valence-corrected chi connectivity index (χ2v) is 4.98. The van der Waals surface area contributed by atoms with Gasteiger partial charge in [-0.25, -0.2) is 4.98 Å². The van der Waals surface area contributed by atoms with Gasteiger partial charge in [-0.3, -0.25) is 0 Å². The van der Waals surface area contributed by atoms with Gasteiger partial charge in [0.25, 0.3) is 0 Å². The van der Waals surface area contributed by atoms with Crippen LogP contribution in [0.25, 0.3) is 0 Å². The second kappa shape index (κ2) is 9.72. The van der Waals surface area contributed by atoms with Crippen molar-refractivity contribution in [2.75, 3.05) is 32.8 Å². The Balaban J connectivity index is 2.38. The molecule has 0 aliphatic carbocycles. The summed E-state index contributed by atoms with van der Waals surface area (Å²) in [7, 11) is 0. The summed E-state index contributed by atoms with van der Waals surface area (Å²) >= 11 is 0. The van der Waals surface area contributed by atoms with Crippen LogP contribution in [0, 0.1) is 0 Å². The number of rotatable bonds is 10. The molecule has 1 unspecified atom stereocenters. The molecule has 0 spiro atoms. The number of ether oxygens (including phenoxy) is 1. The van der Waals surface area contributed by atoms with Crippen molar-refractivity contribution in [3.05, 3.63) is 23.9 Å². The van der Waals surface area contributed by atoms with Gasteiger partial charge in [-0.15, -0.1) is 0 Å². The minimum Gasteiger partial charge on any atom is -0.476 e. The SMILES string of the molecule is CCCNC(C)c1ccc(OCCN(CC)CC)nc1. The second-order valence-electron chi connectivity index (χ2n) is 4.98. The maximum atomic E-state index is 5.68. The van der Waals surface area contributed by atoms with Gasteiger partial charge in [0.2, 0.25) is 5.88 Å². The fourth-order valence-electron chi connectivity index (χ4n) is 2.03. The Morgan fingerprint density at radius 2 is 2.00 bits per heavy atom. The van der Waals surface area contributed by atoms with Crippen molar-refractivity contribution in [1.82, 2.24) is 15.2 Å². The van der Waals surface area contributed by atoms with Crippen molar-refractivity contribution in [3.8, 4) is 5.88 Å². The monoisotopic (exact) mass is 279 g/mol. The first kappa shape index (κ1) is 16.9. The third kappa shape index (κ3) is 5.88. The van der Waals surface area contributed by atoms with Crippen molar-refractivity contribution in [3.63, 3.8) is 0 Å². The Morgan fingerprint density at radius 1 is 1.25 bits per heavy atom. The highest BCUT2D eigenvalue weighted by Crippen LogP contribution is 2.14. The Kier molecular flexibility index (Phi) is 8.23. The molecule has 4 nitrogen and oxygen atoms in total. The Labute approximate surface area is 123 Å². The topological polar surface area (TPSA) is 37.4 Å². The van der Waals surface area contributed by atoms with E-state index in [1.807, 2.05) is 12.3 Å². The molecule has 0 fully saturated rings. The van der Waals surface area contributed by atoms with Crippen LogP contribution in [-0.2, 0) is 0 Å². The Morgan fingerprint density at radius 3 is 2.55 bits per heavy atom. The normalized spacial score (nSPS) is 12.7. The van der Waals surface area contributed by atoms with Gasteiger partial charge in [0.15, 0.2) is 0 Å². The van der Waals surface area contributed by atoms with Crippen LogP contribution in [0.15, 0.2) is 18.3 Å². The molecular formula is C16H29N3O. The predicted molar refractivity (Wildman–Crippen MR) is 84.2 cm³/mol. The molecule has 0 aliphatic rings. The third-order valence-electron chi connectivity index (χ3n) is 3.51. The molecule has 1 aromatic heterocycles. The summed E-state index contributed by atoms with van der Waals surface area (Å²) in [5, 5.41) is 3.45. The van der Waals surface area contributed by atoms with Crippen LogP contribution < -0.4 is 10.1 Å². The molecule has 4 heteroatoms. The van der Waals surface area contributed by atoms with E-state index < -0.39 is 0 Å². The molecule has 0 bridgehead atoms. The molecule has 20 heavy (non-hydrogen) atoms. The predicted octanol–water partition coefficient (Wildman–Crippen LogP) is 2.86. The first-order valence-corrected chi connectivity index (χ1v) is 7.75. The lowest BCUT2D eigenvalue weighted by Crippen LogP contribution is -2.28. The zero-order valence-electron chi connectivity index (χ0n) is 13.4. The van der Waals surface area contributed by atoms with Gasteiger partial charge >= 0.3 is 0 Å². The molecular weight excluding hydrogens is 250 g/mol. The smallest absolute Gasteiger partial charge is 0.213 e. The summed E-state index contributed by atoms with van der Waals surface area (Å²) in [4.78, 5) is 6.71. The van der Waals surface area contributed by atoms with Gasteiger partial charge in [0.05, 0.1) is 0 Å². The van der Waals surface area contributed by atoms with E-state index in [2.05, 4.69) is 49.0 Å². The number of nitrogens with zero attached hydrogens (tertiary/aromatic N) is 2. The van der Waals surface area contributed by atoms with E-state index in [0.717, 1.165) is 32.6 Å². The van der Waals surface area contributed by atoms with Crippen LogP contribution in [-0.4, -0.2) is 42.7 Å². The van der Waals surface area contributed by atoms with E-state index >= 15 is 0 Å². The van der Waals surface area contributed by atoms with E-state index in [-0.39, 0.29) is 0 Å². The first-order valence-electron chi connectivity index (χ1n) is 7.75. The number of likely N-dealkylation sites (N-methyl/N-ethyl adjacent to an activating group) is 1. The minimum absolute atomic E-state index is 0.340. The summed E-state index contributed by atoms with van der Waals surface area (Å²) in [6.07, 6.45) is 3.05. The van der Waals surface area contributed by atoms with E-state index in [4.69, 9.17) is 4.74 Å². The van der Waals surface area contributed by atoms with Crippen LogP contribution >= 0.6 is 0 Å². The fourth-order valence-corrected chi connectivity index (χ4v) is 2.03. The summed E-state index contributed by atoms with van der Waals surface area (Å²) < 4.78 is 5.68. The average molecular weight is 279 g/mol. The van der Waals surface area contributed by atoms with Crippen LogP contribution in [0.2, 0.25) is 0 Å². The molecule has 1 atom stereocenters. The van der Waals surface area contributed by atoms with Crippen molar-refractivity contribution < 1.29 is 4.74 Å². The van der Waals surface area contributed by atoms with E-state index in [1.54, 1.807) is 0 Å². The van der Waals surface area contributed by atoms with Gasteiger partial charge < -0.3 is 15.0 Å². The van der Waals surface area contributed by atoms with Crippen molar-refractivity contribution in [2.24, 2.45) is 0 Å². The van der Waals surface area contributed by atoms with Crippen molar-refractivity contribution in [1.29, 1.82) is 0 Å². The molecule has 0 radical (unpaired) electrons. The van der Waals surface area contributed by atoms with Crippen LogP contribution in [0.5, 0.6) is 5.88 Å². The Bertz CT molecular complexity index is 349. The fraction of sp³-hybridized carbons (Fsp3) is 0.688. The minimum atomic E-state index is 0.340. The third-order valence-corrected chi connectivity index (χ3v) is 3.51. The Hall–Kier alpha value is -1.13. The molecule has 114 valence electrons. The highest BCUT2D eigenvalue weighted by molar-refractivity contribution is 5.20. The number of aromatic nitrogens is 1. The lowest BCUT2D eigenvalue weighted by atomic mass is 10.1. The molecule has 1 aromatic rings. The van der Waals surface area contributed by atoms with E-state index in [0.29, 0.717) is 18.5 Å². The quantitative estimate of drug-likeness (QED) is 0.714. The molecule has 0 aliphatic heterocycles. The highest BCUT2D eigenvalue weighted by atomic mass is 16.5. The van der Waals surface area contributed by atoms with Gasteiger partial charge in [0.1, 0.15) is 6.61 Å². The van der Waals surface area contributed by atoms with Crippen molar-refractivity contribution in [2.45, 2.75) is 40.2 Å². The number of nitrogens with one attached hydrogen (secondary N) is 1. The van der Waals surface area contributed by atoms with E-state index in [9.17, 15) is 0 Å². The summed E-state index contributed by atoms with van der Waals surface area (Å²) in [5.41, 5.74) is 1.20. The first-order chi connectivity index (χ1) is 9.71. The summed E-state index contributed by atoms with van der Waals surface area (Å²) in [6, 6.07) is 4.39. The summed E-state index contributed by atoms with van der Waals surface area (Å²) in [6.45, 7) is 13.5. The lowest BCUT2D eigenvalue weighted by molar-refractivity contribution is 0.218. The zero-order chi connectivity index (χ0) is 14.8. The van der Waals surface area contributed by atoms with Gasteiger partial charge in [-0.2, -0.15) is 0 Å². The number of pyridine rings is 1. The maximum Gasteiger partial charge on any atom is 0.213 e. The van der Waals surface area contributed by atoms with Gasteiger partial charge in [-0.1, -0.05) is 26.8 Å². The maximum absolute atomic E-state index is 5.68.